The zero-order valence-corrected chi connectivity index (χ0v) is 12.0. The van der Waals surface area contributed by atoms with E-state index in [1.165, 1.54) is 0 Å². The number of carbonyl (C=O) groups excluding carboxylic acids is 1. The molecule has 4 rings (SSSR count). The molecule has 3 fully saturated rings. The Morgan fingerprint density at radius 3 is 2.55 bits per heavy atom. The number of esters is 1. The van der Waals surface area contributed by atoms with Crippen molar-refractivity contribution in [1.29, 1.82) is 0 Å². The SMILES string of the molecule is C=C1N2CCC(CC2)C1(OC(=O)CC)c1ccccc1. The summed E-state index contributed by atoms with van der Waals surface area (Å²) in [4.78, 5) is 14.3. The third-order valence-electron chi connectivity index (χ3n) is 4.65. The van der Waals surface area contributed by atoms with Crippen LogP contribution in [0.5, 0.6) is 0 Å². The number of nitrogens with zero attached hydrogens (tertiary/aromatic N) is 1. The molecular weight excluding hydrogens is 250 g/mol. The summed E-state index contributed by atoms with van der Waals surface area (Å²) in [7, 11) is 0. The van der Waals surface area contributed by atoms with Crippen LogP contribution in [0.25, 0.3) is 0 Å². The quantitative estimate of drug-likeness (QED) is 0.791. The van der Waals surface area contributed by atoms with Crippen LogP contribution in [0.15, 0.2) is 42.6 Å². The minimum absolute atomic E-state index is 0.149. The van der Waals surface area contributed by atoms with E-state index in [4.69, 9.17) is 4.74 Å². The fraction of sp³-hybridized carbons (Fsp3) is 0.471. The van der Waals surface area contributed by atoms with E-state index < -0.39 is 5.60 Å². The number of rotatable bonds is 3. The summed E-state index contributed by atoms with van der Waals surface area (Å²) < 4.78 is 5.98. The number of ether oxygens (including phenoxy) is 1. The van der Waals surface area contributed by atoms with Crippen molar-refractivity contribution in [2.75, 3.05) is 13.1 Å². The van der Waals surface area contributed by atoms with Gasteiger partial charge in [-0.2, -0.15) is 0 Å². The monoisotopic (exact) mass is 271 g/mol. The van der Waals surface area contributed by atoms with Crippen molar-refractivity contribution < 1.29 is 9.53 Å². The first-order valence-electron chi connectivity index (χ1n) is 7.40. The average Bonchev–Trinajstić information content (AvgIpc) is 2.52. The van der Waals surface area contributed by atoms with Gasteiger partial charge in [0.05, 0.1) is 5.70 Å². The highest BCUT2D eigenvalue weighted by Crippen LogP contribution is 2.51. The van der Waals surface area contributed by atoms with Crippen molar-refractivity contribution in [2.24, 2.45) is 5.92 Å². The van der Waals surface area contributed by atoms with Crippen LogP contribution in [0.1, 0.15) is 31.7 Å². The van der Waals surface area contributed by atoms with Gasteiger partial charge in [0.15, 0.2) is 5.60 Å². The number of hydrogen-bond donors (Lipinski definition) is 0. The first-order valence-corrected chi connectivity index (χ1v) is 7.40. The second-order valence-corrected chi connectivity index (χ2v) is 5.64. The largest absolute Gasteiger partial charge is 0.447 e. The van der Waals surface area contributed by atoms with E-state index in [1.807, 2.05) is 25.1 Å². The van der Waals surface area contributed by atoms with E-state index in [-0.39, 0.29) is 5.97 Å². The van der Waals surface area contributed by atoms with Gasteiger partial charge in [0.25, 0.3) is 0 Å². The second-order valence-electron chi connectivity index (χ2n) is 5.64. The van der Waals surface area contributed by atoms with Crippen LogP contribution in [0, 0.1) is 5.92 Å². The van der Waals surface area contributed by atoms with Gasteiger partial charge in [0.2, 0.25) is 0 Å². The summed E-state index contributed by atoms with van der Waals surface area (Å²) in [6.45, 7) is 8.16. The zero-order valence-electron chi connectivity index (χ0n) is 12.0. The van der Waals surface area contributed by atoms with Crippen LogP contribution in [0.2, 0.25) is 0 Å². The standard InChI is InChI=1S/C17H21NO2/c1-3-16(19)20-17(14-7-5-4-6-8-14)13(2)18-11-9-15(17)10-12-18/h4-8,15H,2-3,9-12H2,1H3. The molecule has 0 radical (unpaired) electrons. The Bertz CT molecular complexity index is 517. The number of fused-ring (bicyclic) bond motifs is 3. The summed E-state index contributed by atoms with van der Waals surface area (Å²) in [6.07, 6.45) is 2.52. The lowest BCUT2D eigenvalue weighted by Gasteiger charge is -2.54. The molecule has 0 saturated carbocycles. The van der Waals surface area contributed by atoms with E-state index in [1.54, 1.807) is 0 Å². The fourth-order valence-electron chi connectivity index (χ4n) is 3.57. The summed E-state index contributed by atoms with van der Waals surface area (Å²) >= 11 is 0. The molecule has 2 bridgehead atoms. The van der Waals surface area contributed by atoms with E-state index in [2.05, 4.69) is 23.6 Å². The summed E-state index contributed by atoms with van der Waals surface area (Å²) in [5, 5.41) is 0. The topological polar surface area (TPSA) is 29.5 Å². The van der Waals surface area contributed by atoms with E-state index in [0.29, 0.717) is 12.3 Å². The molecule has 0 spiro atoms. The highest BCUT2D eigenvalue weighted by Gasteiger charge is 2.53. The fourth-order valence-corrected chi connectivity index (χ4v) is 3.57. The molecule has 3 nitrogen and oxygen atoms in total. The van der Waals surface area contributed by atoms with Gasteiger partial charge >= 0.3 is 5.97 Å². The Balaban J connectivity index is 2.08. The van der Waals surface area contributed by atoms with Crippen molar-refractivity contribution in [3.05, 3.63) is 48.2 Å². The van der Waals surface area contributed by atoms with E-state index in [9.17, 15) is 4.79 Å². The van der Waals surface area contributed by atoms with Crippen molar-refractivity contribution in [1.82, 2.24) is 4.90 Å². The molecule has 1 aromatic carbocycles. The van der Waals surface area contributed by atoms with Gasteiger partial charge in [-0.15, -0.1) is 0 Å². The first kappa shape index (κ1) is 13.2. The van der Waals surface area contributed by atoms with E-state index >= 15 is 0 Å². The number of piperidine rings is 3. The zero-order chi connectivity index (χ0) is 14.2. The maximum atomic E-state index is 12.0. The van der Waals surface area contributed by atoms with Gasteiger partial charge < -0.3 is 9.64 Å². The van der Waals surface area contributed by atoms with Crippen LogP contribution in [0.3, 0.4) is 0 Å². The predicted octanol–water partition coefficient (Wildman–Crippen LogP) is 3.07. The van der Waals surface area contributed by atoms with Gasteiger partial charge in [-0.1, -0.05) is 43.8 Å². The lowest BCUT2D eigenvalue weighted by Crippen LogP contribution is -2.56. The molecule has 3 aliphatic rings. The second kappa shape index (κ2) is 4.97. The highest BCUT2D eigenvalue weighted by atomic mass is 16.6. The normalized spacial score (nSPS) is 28.6. The lowest BCUT2D eigenvalue weighted by molar-refractivity contribution is -0.174. The van der Waals surface area contributed by atoms with Crippen molar-refractivity contribution >= 4 is 5.97 Å². The summed E-state index contributed by atoms with van der Waals surface area (Å²) in [5.74, 6) is 0.196. The van der Waals surface area contributed by atoms with Crippen molar-refractivity contribution in [2.45, 2.75) is 31.8 Å². The van der Waals surface area contributed by atoms with Gasteiger partial charge in [-0.3, -0.25) is 4.79 Å². The van der Waals surface area contributed by atoms with E-state index in [0.717, 1.165) is 37.2 Å². The van der Waals surface area contributed by atoms with Crippen LogP contribution in [-0.2, 0) is 15.1 Å². The van der Waals surface area contributed by atoms with Crippen LogP contribution in [0.4, 0.5) is 0 Å². The molecule has 3 saturated heterocycles. The molecule has 20 heavy (non-hydrogen) atoms. The smallest absolute Gasteiger partial charge is 0.306 e. The van der Waals surface area contributed by atoms with Crippen LogP contribution in [-0.4, -0.2) is 24.0 Å². The Hall–Kier alpha value is -1.77. The van der Waals surface area contributed by atoms with Crippen LogP contribution < -0.4 is 0 Å². The molecule has 106 valence electrons. The van der Waals surface area contributed by atoms with Crippen molar-refractivity contribution in [3.63, 3.8) is 0 Å². The molecule has 1 atom stereocenters. The molecule has 0 amide bonds. The predicted molar refractivity (Wildman–Crippen MR) is 77.9 cm³/mol. The number of hydrogen-bond acceptors (Lipinski definition) is 3. The molecular formula is C17H21NO2. The molecule has 1 aromatic rings. The average molecular weight is 271 g/mol. The third-order valence-corrected chi connectivity index (χ3v) is 4.65. The summed E-state index contributed by atoms with van der Waals surface area (Å²) in [6, 6.07) is 10.1. The molecule has 0 aromatic heterocycles. The Labute approximate surface area is 120 Å². The maximum absolute atomic E-state index is 12.0. The van der Waals surface area contributed by atoms with Crippen LogP contribution >= 0.6 is 0 Å². The molecule has 1 unspecified atom stereocenters. The Morgan fingerprint density at radius 2 is 2.00 bits per heavy atom. The number of benzene rings is 1. The maximum Gasteiger partial charge on any atom is 0.306 e. The summed E-state index contributed by atoms with van der Waals surface area (Å²) in [5.41, 5.74) is 1.36. The molecule has 3 heteroatoms. The molecule has 3 aliphatic heterocycles. The minimum atomic E-state index is -0.648. The van der Waals surface area contributed by atoms with Crippen molar-refractivity contribution in [3.8, 4) is 0 Å². The highest BCUT2D eigenvalue weighted by molar-refractivity contribution is 5.70. The van der Waals surface area contributed by atoms with Gasteiger partial charge in [0, 0.05) is 31.0 Å². The minimum Gasteiger partial charge on any atom is -0.447 e. The molecule has 0 aliphatic carbocycles. The van der Waals surface area contributed by atoms with Gasteiger partial charge in [-0.05, 0) is 12.8 Å². The molecule has 3 heterocycles. The Morgan fingerprint density at radius 1 is 1.35 bits per heavy atom. The third kappa shape index (κ3) is 1.84. The van der Waals surface area contributed by atoms with Gasteiger partial charge in [0.1, 0.15) is 0 Å². The first-order chi connectivity index (χ1) is 9.68. The Kier molecular flexibility index (Phi) is 3.28. The molecule has 0 N–H and O–H groups in total. The lowest BCUT2D eigenvalue weighted by atomic mass is 9.69. The number of carbonyl (C=O) groups is 1. The van der Waals surface area contributed by atoms with Gasteiger partial charge in [-0.25, -0.2) is 0 Å².